The van der Waals surface area contributed by atoms with Crippen molar-refractivity contribution >= 4 is 0 Å². The van der Waals surface area contributed by atoms with E-state index >= 15 is 0 Å². The Hall–Kier alpha value is -1.10. The van der Waals surface area contributed by atoms with Crippen LogP contribution in [-0.2, 0) is 11.3 Å². The van der Waals surface area contributed by atoms with Crippen molar-refractivity contribution < 1.29 is 14.9 Å². The molecule has 2 aliphatic carbocycles. The van der Waals surface area contributed by atoms with E-state index in [0.717, 1.165) is 50.9 Å². The first-order chi connectivity index (χ1) is 12.7. The Morgan fingerprint density at radius 3 is 2.38 bits per heavy atom. The summed E-state index contributed by atoms with van der Waals surface area (Å²) in [6, 6.07) is 8.07. The van der Waals surface area contributed by atoms with Gasteiger partial charge < -0.3 is 14.9 Å². The average molecular weight is 362 g/mol. The highest BCUT2D eigenvalue weighted by Gasteiger charge is 2.25. The topological polar surface area (TPSA) is 52.9 Å². The summed E-state index contributed by atoms with van der Waals surface area (Å²) in [6.45, 7) is 2.54. The number of hydrogen-bond acceptors (Lipinski definition) is 4. The van der Waals surface area contributed by atoms with Crippen LogP contribution in [0.3, 0.4) is 0 Å². The lowest BCUT2D eigenvalue weighted by Crippen LogP contribution is -2.40. The van der Waals surface area contributed by atoms with Crippen LogP contribution in [0.5, 0.6) is 5.75 Å². The second-order valence-electron chi connectivity index (χ2n) is 8.09. The predicted octanol–water partition coefficient (Wildman–Crippen LogP) is 4.24. The SMILES string of the molecule is Oc1cccc(CN(CCOC2CCCCCC2)C2CCC(O)CC2)c1. The van der Waals surface area contributed by atoms with E-state index in [9.17, 15) is 10.2 Å². The third-order valence-corrected chi connectivity index (χ3v) is 6.01. The van der Waals surface area contributed by atoms with Crippen LogP contribution < -0.4 is 0 Å². The van der Waals surface area contributed by atoms with Crippen molar-refractivity contribution in [3.8, 4) is 5.75 Å². The molecule has 0 amide bonds. The van der Waals surface area contributed by atoms with Gasteiger partial charge in [0.15, 0.2) is 0 Å². The lowest BCUT2D eigenvalue weighted by molar-refractivity contribution is 0.00895. The molecule has 2 saturated carbocycles. The van der Waals surface area contributed by atoms with E-state index in [1.807, 2.05) is 12.1 Å². The number of rotatable bonds is 7. The van der Waals surface area contributed by atoms with E-state index < -0.39 is 0 Å². The van der Waals surface area contributed by atoms with Crippen LogP contribution >= 0.6 is 0 Å². The van der Waals surface area contributed by atoms with Crippen molar-refractivity contribution in [3.63, 3.8) is 0 Å². The van der Waals surface area contributed by atoms with Crippen LogP contribution in [0, 0.1) is 0 Å². The lowest BCUT2D eigenvalue weighted by atomic mass is 9.91. The lowest BCUT2D eigenvalue weighted by Gasteiger charge is -2.36. The Labute approximate surface area is 158 Å². The Balaban J connectivity index is 1.55. The van der Waals surface area contributed by atoms with Crippen LogP contribution in [0.1, 0.15) is 69.8 Å². The molecule has 4 nitrogen and oxygen atoms in total. The summed E-state index contributed by atoms with van der Waals surface area (Å²) in [5, 5.41) is 19.6. The molecule has 2 aliphatic rings. The average Bonchev–Trinajstić information content (AvgIpc) is 2.90. The molecule has 0 atom stereocenters. The molecule has 0 aliphatic heterocycles. The molecule has 146 valence electrons. The van der Waals surface area contributed by atoms with Gasteiger partial charge in [-0.15, -0.1) is 0 Å². The molecule has 2 N–H and O–H groups in total. The fraction of sp³-hybridized carbons (Fsp3) is 0.727. The van der Waals surface area contributed by atoms with E-state index in [-0.39, 0.29) is 6.10 Å². The molecular formula is C22H35NO3. The minimum absolute atomic E-state index is 0.129. The van der Waals surface area contributed by atoms with Crippen molar-refractivity contribution in [2.45, 2.75) is 89.0 Å². The van der Waals surface area contributed by atoms with Crippen LogP contribution in [0.2, 0.25) is 0 Å². The van der Waals surface area contributed by atoms with Gasteiger partial charge in [0.2, 0.25) is 0 Å². The maximum atomic E-state index is 9.83. The number of aliphatic hydroxyl groups is 1. The number of hydrogen-bond donors (Lipinski definition) is 2. The third kappa shape index (κ3) is 6.26. The summed E-state index contributed by atoms with van der Waals surface area (Å²) in [4.78, 5) is 2.50. The van der Waals surface area contributed by atoms with E-state index in [1.165, 1.54) is 38.5 Å². The summed E-state index contributed by atoms with van der Waals surface area (Å²) >= 11 is 0. The molecule has 0 unspecified atom stereocenters. The minimum atomic E-state index is -0.129. The molecule has 0 saturated heterocycles. The number of phenols is 1. The first kappa shape index (κ1) is 19.7. The maximum absolute atomic E-state index is 9.83. The molecule has 0 radical (unpaired) electrons. The normalized spacial score (nSPS) is 25.3. The van der Waals surface area contributed by atoms with Gasteiger partial charge in [-0.25, -0.2) is 0 Å². The number of aromatic hydroxyl groups is 1. The third-order valence-electron chi connectivity index (χ3n) is 6.01. The molecule has 1 aromatic carbocycles. The first-order valence-corrected chi connectivity index (χ1v) is 10.5. The molecule has 1 aromatic rings. The number of nitrogens with zero attached hydrogens (tertiary/aromatic N) is 1. The molecule has 0 spiro atoms. The fourth-order valence-electron chi connectivity index (χ4n) is 4.45. The highest BCUT2D eigenvalue weighted by atomic mass is 16.5. The zero-order valence-electron chi connectivity index (χ0n) is 16.0. The first-order valence-electron chi connectivity index (χ1n) is 10.5. The van der Waals surface area contributed by atoms with Gasteiger partial charge in [0.25, 0.3) is 0 Å². The molecular weight excluding hydrogens is 326 g/mol. The van der Waals surface area contributed by atoms with Gasteiger partial charge in [0.1, 0.15) is 5.75 Å². The predicted molar refractivity (Wildman–Crippen MR) is 104 cm³/mol. The van der Waals surface area contributed by atoms with Crippen LogP contribution in [0.25, 0.3) is 0 Å². The van der Waals surface area contributed by atoms with Crippen LogP contribution in [0.15, 0.2) is 24.3 Å². The maximum Gasteiger partial charge on any atom is 0.115 e. The summed E-state index contributed by atoms with van der Waals surface area (Å²) in [5.41, 5.74) is 1.14. The summed E-state index contributed by atoms with van der Waals surface area (Å²) in [6.07, 6.45) is 11.9. The van der Waals surface area contributed by atoms with Crippen molar-refractivity contribution in [3.05, 3.63) is 29.8 Å². The largest absolute Gasteiger partial charge is 0.508 e. The van der Waals surface area contributed by atoms with Gasteiger partial charge in [0.05, 0.1) is 18.8 Å². The highest BCUT2D eigenvalue weighted by Crippen LogP contribution is 2.26. The quantitative estimate of drug-likeness (QED) is 0.713. The Bertz CT molecular complexity index is 520. The van der Waals surface area contributed by atoms with Gasteiger partial charge in [-0.3, -0.25) is 4.90 Å². The molecule has 4 heteroatoms. The zero-order chi connectivity index (χ0) is 18.2. The van der Waals surface area contributed by atoms with Gasteiger partial charge in [-0.1, -0.05) is 37.8 Å². The van der Waals surface area contributed by atoms with Crippen LogP contribution in [-0.4, -0.2) is 46.5 Å². The van der Waals surface area contributed by atoms with E-state index in [1.54, 1.807) is 6.07 Å². The van der Waals surface area contributed by atoms with E-state index in [4.69, 9.17) is 4.74 Å². The molecule has 2 fully saturated rings. The smallest absolute Gasteiger partial charge is 0.115 e. The zero-order valence-corrected chi connectivity index (χ0v) is 16.0. The van der Waals surface area contributed by atoms with Crippen molar-refractivity contribution in [1.29, 1.82) is 0 Å². The standard InChI is InChI=1S/C22H35NO3/c24-20-12-10-19(11-13-20)23(17-18-6-5-7-21(25)16-18)14-15-26-22-8-3-1-2-4-9-22/h5-7,16,19-20,22,24-25H,1-4,8-15,17H2. The molecule has 0 aromatic heterocycles. The van der Waals surface area contributed by atoms with Gasteiger partial charge >= 0.3 is 0 Å². The highest BCUT2D eigenvalue weighted by molar-refractivity contribution is 5.27. The molecule has 0 heterocycles. The van der Waals surface area contributed by atoms with Gasteiger partial charge in [-0.05, 0) is 56.2 Å². The number of aliphatic hydroxyl groups excluding tert-OH is 1. The minimum Gasteiger partial charge on any atom is -0.508 e. The Kier molecular flexibility index (Phi) is 7.78. The summed E-state index contributed by atoms with van der Waals surface area (Å²) in [7, 11) is 0. The van der Waals surface area contributed by atoms with E-state index in [2.05, 4.69) is 11.0 Å². The number of ether oxygens (including phenoxy) is 1. The Morgan fingerprint density at radius 1 is 0.962 bits per heavy atom. The molecule has 0 bridgehead atoms. The number of benzene rings is 1. The van der Waals surface area contributed by atoms with Crippen molar-refractivity contribution in [1.82, 2.24) is 4.90 Å². The Morgan fingerprint density at radius 2 is 1.69 bits per heavy atom. The molecule has 26 heavy (non-hydrogen) atoms. The van der Waals surface area contributed by atoms with Crippen molar-refractivity contribution in [2.75, 3.05) is 13.2 Å². The summed E-state index contributed by atoms with van der Waals surface area (Å²) < 4.78 is 6.23. The second-order valence-corrected chi connectivity index (χ2v) is 8.09. The van der Waals surface area contributed by atoms with Crippen molar-refractivity contribution in [2.24, 2.45) is 0 Å². The van der Waals surface area contributed by atoms with Gasteiger partial charge in [0, 0.05) is 19.1 Å². The number of phenolic OH excluding ortho intramolecular Hbond substituents is 1. The van der Waals surface area contributed by atoms with E-state index in [0.29, 0.717) is 17.9 Å². The monoisotopic (exact) mass is 361 g/mol. The van der Waals surface area contributed by atoms with Crippen LogP contribution in [0.4, 0.5) is 0 Å². The summed E-state index contributed by atoms with van der Waals surface area (Å²) in [5.74, 6) is 0.330. The molecule has 3 rings (SSSR count). The second kappa shape index (κ2) is 10.3. The van der Waals surface area contributed by atoms with Gasteiger partial charge in [-0.2, -0.15) is 0 Å². The fourth-order valence-corrected chi connectivity index (χ4v) is 4.45.